The molecule has 1 aromatic rings. The first-order valence-corrected chi connectivity index (χ1v) is 8.11. The molecular weight excluding hydrogens is 258 g/mol. The molecule has 3 atom stereocenters. The zero-order valence-electron chi connectivity index (χ0n) is 11.6. The molecule has 3 unspecified atom stereocenters. The molecule has 0 radical (unpaired) electrons. The van der Waals surface area contributed by atoms with Crippen molar-refractivity contribution in [3.63, 3.8) is 0 Å². The highest BCUT2D eigenvalue weighted by molar-refractivity contribution is 7.99. The second kappa shape index (κ2) is 7.29. The Morgan fingerprint density at radius 3 is 3.00 bits per heavy atom. The third kappa shape index (κ3) is 3.72. The van der Waals surface area contributed by atoms with Gasteiger partial charge in [-0.15, -0.1) is 0 Å². The van der Waals surface area contributed by atoms with Crippen molar-refractivity contribution in [2.24, 2.45) is 0 Å². The Hall–Kier alpha value is -0.550. The van der Waals surface area contributed by atoms with Crippen LogP contribution in [0.2, 0.25) is 0 Å². The quantitative estimate of drug-likeness (QED) is 0.837. The first kappa shape index (κ1) is 14.9. The summed E-state index contributed by atoms with van der Waals surface area (Å²) >= 11 is 1.70. The molecule has 3 nitrogen and oxygen atoms in total. The van der Waals surface area contributed by atoms with Crippen molar-refractivity contribution in [1.82, 2.24) is 5.32 Å². The molecule has 0 spiro atoms. The van der Waals surface area contributed by atoms with Gasteiger partial charge in [0.25, 0.3) is 0 Å². The maximum absolute atomic E-state index is 9.30. The number of fused-ring (bicyclic) bond motifs is 1. The minimum atomic E-state index is 0.133. The second-order valence-electron chi connectivity index (χ2n) is 4.96. The molecule has 0 bridgehead atoms. The predicted molar refractivity (Wildman–Crippen MR) is 80.7 cm³/mol. The monoisotopic (exact) mass is 281 g/mol. The van der Waals surface area contributed by atoms with Crippen molar-refractivity contribution in [3.8, 4) is 0 Å². The maximum Gasteiger partial charge on any atom is 0.0952 e. The van der Waals surface area contributed by atoms with Crippen LogP contribution in [0.5, 0.6) is 0 Å². The summed E-state index contributed by atoms with van der Waals surface area (Å²) in [4.78, 5) is 0. The van der Waals surface area contributed by atoms with E-state index in [1.54, 1.807) is 11.8 Å². The molecule has 1 heterocycles. The van der Waals surface area contributed by atoms with Gasteiger partial charge in [-0.3, -0.25) is 0 Å². The maximum atomic E-state index is 9.30. The summed E-state index contributed by atoms with van der Waals surface area (Å²) in [6.45, 7) is 3.92. The number of aliphatic hydroxyl groups excluding tert-OH is 1. The fourth-order valence-electron chi connectivity index (χ4n) is 2.51. The van der Waals surface area contributed by atoms with Crippen LogP contribution in [0.3, 0.4) is 0 Å². The Kier molecular flexibility index (Phi) is 5.70. The largest absolute Gasteiger partial charge is 0.395 e. The first-order valence-electron chi connectivity index (χ1n) is 6.82. The summed E-state index contributed by atoms with van der Waals surface area (Å²) in [5.41, 5.74) is 2.70. The summed E-state index contributed by atoms with van der Waals surface area (Å²) in [6, 6.07) is 8.78. The third-order valence-electron chi connectivity index (χ3n) is 3.76. The van der Waals surface area contributed by atoms with Crippen LogP contribution in [0, 0.1) is 0 Å². The van der Waals surface area contributed by atoms with E-state index in [-0.39, 0.29) is 24.0 Å². The zero-order chi connectivity index (χ0) is 13.7. The molecule has 106 valence electrons. The van der Waals surface area contributed by atoms with Gasteiger partial charge < -0.3 is 15.2 Å². The van der Waals surface area contributed by atoms with Crippen LogP contribution >= 0.6 is 11.8 Å². The smallest absolute Gasteiger partial charge is 0.0952 e. The van der Waals surface area contributed by atoms with Gasteiger partial charge >= 0.3 is 0 Å². The average Bonchev–Trinajstić information content (AvgIpc) is 2.46. The summed E-state index contributed by atoms with van der Waals surface area (Å²) < 4.78 is 5.87. The Morgan fingerprint density at radius 2 is 2.26 bits per heavy atom. The molecule has 1 aromatic carbocycles. The van der Waals surface area contributed by atoms with E-state index in [4.69, 9.17) is 4.74 Å². The van der Waals surface area contributed by atoms with Gasteiger partial charge in [-0.2, -0.15) is 11.8 Å². The molecule has 2 rings (SSSR count). The van der Waals surface area contributed by atoms with Gasteiger partial charge in [0, 0.05) is 17.8 Å². The average molecular weight is 281 g/mol. The van der Waals surface area contributed by atoms with Crippen LogP contribution in [-0.2, 0) is 11.2 Å². The van der Waals surface area contributed by atoms with Gasteiger partial charge in [0.15, 0.2) is 0 Å². The number of benzene rings is 1. The molecule has 0 amide bonds. The molecule has 0 fully saturated rings. The highest BCUT2D eigenvalue weighted by Gasteiger charge is 2.22. The summed E-state index contributed by atoms with van der Waals surface area (Å²) in [7, 11) is 0. The van der Waals surface area contributed by atoms with Crippen LogP contribution in [0.25, 0.3) is 0 Å². The fourth-order valence-corrected chi connectivity index (χ4v) is 3.16. The van der Waals surface area contributed by atoms with Crippen molar-refractivity contribution < 1.29 is 9.84 Å². The topological polar surface area (TPSA) is 41.5 Å². The molecule has 0 aliphatic carbocycles. The molecule has 4 heteroatoms. The minimum absolute atomic E-state index is 0.133. The van der Waals surface area contributed by atoms with Crippen LogP contribution in [-0.4, -0.2) is 42.4 Å². The number of ether oxygens (including phenoxy) is 1. The van der Waals surface area contributed by atoms with Crippen LogP contribution in [0.4, 0.5) is 0 Å². The first-order chi connectivity index (χ1) is 9.26. The number of hydrogen-bond donors (Lipinski definition) is 2. The van der Waals surface area contributed by atoms with Gasteiger partial charge in [0.05, 0.1) is 19.3 Å². The lowest BCUT2D eigenvalue weighted by Crippen LogP contribution is -2.40. The Labute approximate surface area is 119 Å². The second-order valence-corrected chi connectivity index (χ2v) is 6.04. The standard InChI is InChI=1S/C15H23NO2S/c1-11(15(10-17)19-2)16-9-14-13-6-4-3-5-12(13)7-8-18-14/h3-6,11,14-17H,7-10H2,1-2H3. The number of rotatable bonds is 6. The van der Waals surface area contributed by atoms with Gasteiger partial charge in [-0.25, -0.2) is 0 Å². The predicted octanol–water partition coefficient (Wildman–Crippen LogP) is 2.00. The van der Waals surface area contributed by atoms with Crippen LogP contribution < -0.4 is 5.32 Å². The van der Waals surface area contributed by atoms with Crippen molar-refractivity contribution >= 4 is 11.8 Å². The number of thioether (sulfide) groups is 1. The highest BCUT2D eigenvalue weighted by atomic mass is 32.2. The number of hydrogen-bond acceptors (Lipinski definition) is 4. The molecular formula is C15H23NO2S. The molecule has 2 N–H and O–H groups in total. The number of aliphatic hydroxyl groups is 1. The van der Waals surface area contributed by atoms with Gasteiger partial charge in [0.2, 0.25) is 0 Å². The minimum Gasteiger partial charge on any atom is -0.395 e. The van der Waals surface area contributed by atoms with E-state index >= 15 is 0 Å². The lowest BCUT2D eigenvalue weighted by molar-refractivity contribution is 0.0406. The van der Waals surface area contributed by atoms with Gasteiger partial charge in [-0.1, -0.05) is 24.3 Å². The number of nitrogens with one attached hydrogen (secondary N) is 1. The third-order valence-corrected chi connectivity index (χ3v) is 4.92. The van der Waals surface area contributed by atoms with Crippen molar-refractivity contribution in [2.75, 3.05) is 26.0 Å². The fraction of sp³-hybridized carbons (Fsp3) is 0.600. The van der Waals surface area contributed by atoms with E-state index < -0.39 is 0 Å². The molecule has 1 aliphatic rings. The zero-order valence-corrected chi connectivity index (χ0v) is 12.5. The van der Waals surface area contributed by atoms with Crippen molar-refractivity contribution in [1.29, 1.82) is 0 Å². The van der Waals surface area contributed by atoms with Crippen molar-refractivity contribution in [2.45, 2.75) is 30.7 Å². The van der Waals surface area contributed by atoms with E-state index in [9.17, 15) is 5.11 Å². The van der Waals surface area contributed by atoms with Gasteiger partial charge in [-0.05, 0) is 30.7 Å². The summed E-state index contributed by atoms with van der Waals surface area (Å²) in [6.07, 6.45) is 3.17. The van der Waals surface area contributed by atoms with Crippen LogP contribution in [0.1, 0.15) is 24.2 Å². The Balaban J connectivity index is 1.94. The van der Waals surface area contributed by atoms with E-state index in [0.717, 1.165) is 19.6 Å². The molecule has 19 heavy (non-hydrogen) atoms. The molecule has 0 aromatic heterocycles. The highest BCUT2D eigenvalue weighted by Crippen LogP contribution is 2.26. The summed E-state index contributed by atoms with van der Waals surface area (Å²) in [5, 5.41) is 13.0. The lowest BCUT2D eigenvalue weighted by atomic mass is 9.97. The van der Waals surface area contributed by atoms with E-state index in [2.05, 4.69) is 36.5 Å². The van der Waals surface area contributed by atoms with Crippen LogP contribution in [0.15, 0.2) is 24.3 Å². The van der Waals surface area contributed by atoms with Crippen molar-refractivity contribution in [3.05, 3.63) is 35.4 Å². The lowest BCUT2D eigenvalue weighted by Gasteiger charge is -2.29. The van der Waals surface area contributed by atoms with Gasteiger partial charge in [0.1, 0.15) is 0 Å². The SMILES string of the molecule is CSC(CO)C(C)NCC1OCCc2ccccc21. The van der Waals surface area contributed by atoms with E-state index in [1.165, 1.54) is 11.1 Å². The normalized spacial score (nSPS) is 21.7. The molecule has 0 saturated carbocycles. The van der Waals surface area contributed by atoms with E-state index in [0.29, 0.717) is 0 Å². The Morgan fingerprint density at radius 1 is 1.47 bits per heavy atom. The molecule has 1 aliphatic heterocycles. The summed E-state index contributed by atoms with van der Waals surface area (Å²) in [5.74, 6) is 0. The van der Waals surface area contributed by atoms with E-state index in [1.807, 2.05) is 6.26 Å². The molecule has 0 saturated heterocycles. The Bertz CT molecular complexity index is 395.